The van der Waals surface area contributed by atoms with E-state index in [4.69, 9.17) is 4.74 Å². The van der Waals surface area contributed by atoms with Gasteiger partial charge >= 0.3 is 5.97 Å². The number of hydrogen-bond donors (Lipinski definition) is 0. The third-order valence-corrected chi connectivity index (χ3v) is 4.88. The molecule has 26 heavy (non-hydrogen) atoms. The van der Waals surface area contributed by atoms with Crippen LogP contribution in [0.3, 0.4) is 0 Å². The lowest BCUT2D eigenvalue weighted by Gasteiger charge is -2.37. The Morgan fingerprint density at radius 1 is 1.23 bits per heavy atom. The van der Waals surface area contributed by atoms with Crippen LogP contribution in [0, 0.1) is 5.41 Å². The molecule has 3 heteroatoms. The van der Waals surface area contributed by atoms with Crippen LogP contribution in [0.4, 0.5) is 0 Å². The number of nitrogens with zero attached hydrogens (tertiary/aromatic N) is 1. The first-order valence-corrected chi connectivity index (χ1v) is 9.39. The third-order valence-electron chi connectivity index (χ3n) is 4.88. The Bertz CT molecular complexity index is 711. The summed E-state index contributed by atoms with van der Waals surface area (Å²) in [5.74, 6) is -0.202. The summed E-state index contributed by atoms with van der Waals surface area (Å²) in [5.41, 5.74) is 3.97. The van der Waals surface area contributed by atoms with Crippen molar-refractivity contribution in [3.05, 3.63) is 71.1 Å². The second-order valence-corrected chi connectivity index (χ2v) is 7.35. The third kappa shape index (κ3) is 4.87. The smallest absolute Gasteiger partial charge is 0.336 e. The van der Waals surface area contributed by atoms with E-state index in [9.17, 15) is 4.79 Å². The Morgan fingerprint density at radius 2 is 1.92 bits per heavy atom. The molecule has 2 rings (SSSR count). The molecular weight excluding hydrogens is 322 g/mol. The van der Waals surface area contributed by atoms with Crippen LogP contribution in [-0.4, -0.2) is 17.5 Å². The summed E-state index contributed by atoms with van der Waals surface area (Å²) >= 11 is 0. The highest BCUT2D eigenvalue weighted by Crippen LogP contribution is 2.41. The van der Waals surface area contributed by atoms with Gasteiger partial charge in [-0.2, -0.15) is 0 Å². The maximum Gasteiger partial charge on any atom is 0.336 e. The Balaban J connectivity index is 2.32. The van der Waals surface area contributed by atoms with Crippen molar-refractivity contribution in [1.82, 2.24) is 4.90 Å². The fourth-order valence-electron chi connectivity index (χ4n) is 3.41. The van der Waals surface area contributed by atoms with Gasteiger partial charge in [-0.25, -0.2) is 4.79 Å². The number of rotatable bonds is 7. The zero-order chi connectivity index (χ0) is 19.2. The number of allylic oxidation sites excluding steroid dienone is 4. The van der Waals surface area contributed by atoms with Gasteiger partial charge in [-0.1, -0.05) is 55.0 Å². The lowest BCUT2D eigenvalue weighted by molar-refractivity contribution is -0.139. The summed E-state index contributed by atoms with van der Waals surface area (Å²) in [6.07, 6.45) is 8.34. The molecule has 0 saturated carbocycles. The molecule has 140 valence electrons. The Morgan fingerprint density at radius 3 is 2.54 bits per heavy atom. The molecule has 0 spiro atoms. The van der Waals surface area contributed by atoms with Crippen molar-refractivity contribution in [1.29, 1.82) is 0 Å². The number of benzene rings is 1. The Hall–Kier alpha value is -2.29. The minimum atomic E-state index is -0.310. The first-order valence-electron chi connectivity index (χ1n) is 9.39. The molecule has 1 aliphatic rings. The molecule has 3 nitrogen and oxygen atoms in total. The lowest BCUT2D eigenvalue weighted by Crippen LogP contribution is -2.33. The van der Waals surface area contributed by atoms with Gasteiger partial charge in [0.1, 0.15) is 0 Å². The molecule has 0 aliphatic carbocycles. The summed E-state index contributed by atoms with van der Waals surface area (Å²) in [7, 11) is 0. The molecule has 1 aromatic carbocycles. The highest BCUT2D eigenvalue weighted by atomic mass is 16.5. The largest absolute Gasteiger partial charge is 0.463 e. The van der Waals surface area contributed by atoms with Crippen molar-refractivity contribution in [3.63, 3.8) is 0 Å². The SMILES string of the molecule is CCOC(=O)C1=C(C)N(Cc2ccccc2)C=CC1(C)CCC=C(C)C. The average Bonchev–Trinajstić information content (AvgIpc) is 2.58. The van der Waals surface area contributed by atoms with E-state index in [0.29, 0.717) is 6.61 Å². The van der Waals surface area contributed by atoms with Crippen molar-refractivity contribution >= 4 is 5.97 Å². The molecule has 1 aromatic rings. The van der Waals surface area contributed by atoms with E-state index in [1.807, 2.05) is 32.0 Å². The van der Waals surface area contributed by atoms with Gasteiger partial charge in [0, 0.05) is 23.9 Å². The van der Waals surface area contributed by atoms with Gasteiger partial charge in [0.25, 0.3) is 0 Å². The number of hydrogen-bond acceptors (Lipinski definition) is 3. The van der Waals surface area contributed by atoms with E-state index >= 15 is 0 Å². The van der Waals surface area contributed by atoms with Gasteiger partial charge in [0.05, 0.1) is 12.2 Å². The van der Waals surface area contributed by atoms with E-state index in [1.54, 1.807) is 0 Å². The van der Waals surface area contributed by atoms with Crippen LogP contribution >= 0.6 is 0 Å². The van der Waals surface area contributed by atoms with E-state index < -0.39 is 0 Å². The first kappa shape index (κ1) is 20.0. The van der Waals surface area contributed by atoms with Crippen molar-refractivity contribution in [2.75, 3.05) is 6.61 Å². The predicted octanol–water partition coefficient (Wildman–Crippen LogP) is 5.61. The molecule has 1 aliphatic heterocycles. The summed E-state index contributed by atoms with van der Waals surface area (Å²) in [6.45, 7) is 11.4. The molecule has 0 amide bonds. The minimum Gasteiger partial charge on any atom is -0.463 e. The average molecular weight is 354 g/mol. The Kier molecular flexibility index (Phi) is 6.84. The number of carbonyl (C=O) groups excluding carboxylic acids is 1. The van der Waals surface area contributed by atoms with Crippen molar-refractivity contribution < 1.29 is 9.53 Å². The van der Waals surface area contributed by atoms with Crippen LogP contribution in [0.25, 0.3) is 0 Å². The number of esters is 1. The predicted molar refractivity (Wildman–Crippen MR) is 107 cm³/mol. The minimum absolute atomic E-state index is 0.202. The molecule has 0 bridgehead atoms. The fraction of sp³-hybridized carbons (Fsp3) is 0.435. The zero-order valence-corrected chi connectivity index (χ0v) is 16.7. The number of ether oxygens (including phenoxy) is 1. The fourth-order valence-corrected chi connectivity index (χ4v) is 3.41. The molecular formula is C23H31NO2. The van der Waals surface area contributed by atoms with Crippen LogP contribution in [-0.2, 0) is 16.1 Å². The topological polar surface area (TPSA) is 29.5 Å². The van der Waals surface area contributed by atoms with Crippen LogP contribution < -0.4 is 0 Å². The molecule has 0 aromatic heterocycles. The van der Waals surface area contributed by atoms with Gasteiger partial charge in [0.15, 0.2) is 0 Å². The second-order valence-electron chi connectivity index (χ2n) is 7.35. The molecule has 1 atom stereocenters. The van der Waals surface area contributed by atoms with E-state index in [-0.39, 0.29) is 11.4 Å². The Labute approximate surface area is 158 Å². The van der Waals surface area contributed by atoms with Gasteiger partial charge < -0.3 is 9.64 Å². The quantitative estimate of drug-likeness (QED) is 0.471. The van der Waals surface area contributed by atoms with Gasteiger partial charge in [0.2, 0.25) is 0 Å². The first-order chi connectivity index (χ1) is 12.4. The van der Waals surface area contributed by atoms with E-state index in [2.05, 4.69) is 56.2 Å². The normalized spacial score (nSPS) is 19.5. The van der Waals surface area contributed by atoms with Crippen LogP contribution in [0.5, 0.6) is 0 Å². The van der Waals surface area contributed by atoms with Crippen LogP contribution in [0.2, 0.25) is 0 Å². The molecule has 1 unspecified atom stereocenters. The summed E-state index contributed by atoms with van der Waals surface area (Å²) in [6, 6.07) is 10.3. The molecule has 1 heterocycles. The monoisotopic (exact) mass is 353 g/mol. The summed E-state index contributed by atoms with van der Waals surface area (Å²) in [5, 5.41) is 0. The molecule has 0 fully saturated rings. The van der Waals surface area contributed by atoms with Crippen molar-refractivity contribution in [2.24, 2.45) is 5.41 Å². The van der Waals surface area contributed by atoms with Crippen LogP contribution in [0.1, 0.15) is 53.0 Å². The molecule has 0 saturated heterocycles. The van der Waals surface area contributed by atoms with Gasteiger partial charge in [-0.3, -0.25) is 0 Å². The zero-order valence-electron chi connectivity index (χ0n) is 16.7. The van der Waals surface area contributed by atoms with Crippen molar-refractivity contribution in [3.8, 4) is 0 Å². The van der Waals surface area contributed by atoms with Crippen molar-refractivity contribution in [2.45, 2.75) is 54.0 Å². The van der Waals surface area contributed by atoms with E-state index in [1.165, 1.54) is 11.1 Å². The standard InChI is InChI=1S/C23H31NO2/c1-6-26-22(25)21-19(4)24(17-20-12-8-7-9-13-20)16-15-23(21,5)14-10-11-18(2)3/h7-9,11-13,15-16H,6,10,14,17H2,1-5H3. The second kappa shape index (κ2) is 8.88. The molecule has 0 N–H and O–H groups in total. The lowest BCUT2D eigenvalue weighted by atomic mass is 9.75. The van der Waals surface area contributed by atoms with Crippen LogP contribution in [0.15, 0.2) is 65.5 Å². The highest BCUT2D eigenvalue weighted by molar-refractivity contribution is 5.91. The summed E-state index contributed by atoms with van der Waals surface area (Å²) in [4.78, 5) is 14.9. The highest BCUT2D eigenvalue weighted by Gasteiger charge is 2.37. The summed E-state index contributed by atoms with van der Waals surface area (Å²) < 4.78 is 5.40. The maximum absolute atomic E-state index is 12.8. The van der Waals surface area contributed by atoms with Gasteiger partial charge in [-0.15, -0.1) is 0 Å². The maximum atomic E-state index is 12.8. The van der Waals surface area contributed by atoms with Gasteiger partial charge in [-0.05, 0) is 46.1 Å². The number of carbonyl (C=O) groups is 1. The van der Waals surface area contributed by atoms with E-state index in [0.717, 1.165) is 30.7 Å². The molecule has 0 radical (unpaired) electrons.